The average Bonchev–Trinajstić information content (AvgIpc) is 3.42. The summed E-state index contributed by atoms with van der Waals surface area (Å²) in [6.45, 7) is 4.35. The Morgan fingerprint density at radius 3 is 2.79 bits per heavy atom. The topological polar surface area (TPSA) is 80.9 Å². The van der Waals surface area contributed by atoms with Crippen molar-refractivity contribution in [1.29, 1.82) is 0 Å². The number of nitrogens with one attached hydrogen (secondary N) is 1. The summed E-state index contributed by atoms with van der Waals surface area (Å²) in [5.74, 6) is 1.09. The Kier molecular flexibility index (Phi) is 4.73. The SMILES string of the molecule is Cc1cc(N)nc(C)c1CNC(=O)c1ccc2c(c1)C1CC2C=C1c1nccc2ccccc12. The number of rotatable bonds is 4. The second-order valence-electron chi connectivity index (χ2n) is 9.35. The first-order valence-corrected chi connectivity index (χ1v) is 11.7. The van der Waals surface area contributed by atoms with Crippen LogP contribution in [-0.4, -0.2) is 15.9 Å². The van der Waals surface area contributed by atoms with Crippen molar-refractivity contribution in [2.24, 2.45) is 0 Å². The van der Waals surface area contributed by atoms with Gasteiger partial charge in [0.05, 0.1) is 5.69 Å². The maximum absolute atomic E-state index is 13.1. The van der Waals surface area contributed by atoms with Crippen LogP contribution in [0.25, 0.3) is 16.3 Å². The molecule has 2 aliphatic carbocycles. The zero-order valence-electron chi connectivity index (χ0n) is 19.3. The van der Waals surface area contributed by atoms with E-state index in [1.54, 1.807) is 0 Å². The highest BCUT2D eigenvalue weighted by molar-refractivity contribution is 5.97. The lowest BCUT2D eigenvalue weighted by molar-refractivity contribution is 0.0950. The number of nitrogens with zero attached hydrogens (tertiary/aromatic N) is 2. The monoisotopic (exact) mass is 446 g/mol. The highest BCUT2D eigenvalue weighted by atomic mass is 16.1. The van der Waals surface area contributed by atoms with Gasteiger partial charge in [-0.15, -0.1) is 0 Å². The first-order chi connectivity index (χ1) is 16.5. The van der Waals surface area contributed by atoms with E-state index in [-0.39, 0.29) is 11.8 Å². The number of amides is 1. The molecule has 2 unspecified atom stereocenters. The van der Waals surface area contributed by atoms with Gasteiger partial charge in [0, 0.05) is 41.2 Å². The van der Waals surface area contributed by atoms with E-state index in [0.29, 0.717) is 23.8 Å². The Labute approximate surface area is 198 Å². The van der Waals surface area contributed by atoms with Crippen LogP contribution in [0.15, 0.2) is 66.9 Å². The maximum atomic E-state index is 13.1. The van der Waals surface area contributed by atoms with Crippen LogP contribution in [0.2, 0.25) is 0 Å². The molecule has 4 aromatic rings. The summed E-state index contributed by atoms with van der Waals surface area (Å²) in [6.07, 6.45) is 5.32. The molecule has 2 aliphatic rings. The number of anilines is 1. The van der Waals surface area contributed by atoms with E-state index >= 15 is 0 Å². The number of carbonyl (C=O) groups excluding carboxylic acids is 1. The number of nitrogens with two attached hydrogens (primary N) is 1. The summed E-state index contributed by atoms with van der Waals surface area (Å²) in [5, 5.41) is 5.46. The van der Waals surface area contributed by atoms with Crippen molar-refractivity contribution in [3.63, 3.8) is 0 Å². The predicted octanol–water partition coefficient (Wildman–Crippen LogP) is 5.43. The number of pyridine rings is 2. The molecule has 0 fully saturated rings. The van der Waals surface area contributed by atoms with Crippen LogP contribution < -0.4 is 11.1 Å². The molecule has 2 heterocycles. The van der Waals surface area contributed by atoms with Gasteiger partial charge in [0.1, 0.15) is 5.82 Å². The molecule has 2 atom stereocenters. The standard InChI is InChI=1S/C29H26N4O/c1-16-11-27(30)33-17(2)26(16)15-32-29(34)19-7-8-21-20-13-24(23(21)12-19)25(14-20)28-22-6-4-3-5-18(22)9-10-31-28/h3-12,14,20,24H,13,15H2,1-2H3,(H2,30,33)(H,32,34). The van der Waals surface area contributed by atoms with Gasteiger partial charge in [0.25, 0.3) is 5.91 Å². The van der Waals surface area contributed by atoms with Crippen LogP contribution in [0.4, 0.5) is 5.82 Å². The summed E-state index contributed by atoms with van der Waals surface area (Å²) >= 11 is 0. The third kappa shape index (κ3) is 3.27. The van der Waals surface area contributed by atoms with Gasteiger partial charge in [-0.05, 0) is 77.7 Å². The number of aryl methyl sites for hydroxylation is 2. The van der Waals surface area contributed by atoms with Gasteiger partial charge in [-0.2, -0.15) is 0 Å². The van der Waals surface area contributed by atoms with E-state index in [2.05, 4.69) is 58.8 Å². The van der Waals surface area contributed by atoms with Gasteiger partial charge >= 0.3 is 0 Å². The maximum Gasteiger partial charge on any atom is 0.251 e. The van der Waals surface area contributed by atoms with Crippen molar-refractivity contribution in [3.8, 4) is 0 Å². The normalized spacial score (nSPS) is 18.1. The number of hydrogen-bond acceptors (Lipinski definition) is 4. The zero-order valence-corrected chi connectivity index (χ0v) is 19.3. The van der Waals surface area contributed by atoms with E-state index < -0.39 is 0 Å². The first-order valence-electron chi connectivity index (χ1n) is 11.7. The lowest BCUT2D eigenvalue weighted by atomic mass is 9.87. The van der Waals surface area contributed by atoms with Crippen LogP contribution in [-0.2, 0) is 6.54 Å². The minimum absolute atomic E-state index is 0.0741. The molecule has 2 bridgehead atoms. The Hall–Kier alpha value is -3.99. The lowest BCUT2D eigenvalue weighted by Crippen LogP contribution is -2.24. The fourth-order valence-corrected chi connectivity index (χ4v) is 5.67. The summed E-state index contributed by atoms with van der Waals surface area (Å²) in [4.78, 5) is 22.1. The smallest absolute Gasteiger partial charge is 0.251 e. The molecule has 1 amide bonds. The van der Waals surface area contributed by atoms with Crippen molar-refractivity contribution in [2.45, 2.75) is 38.6 Å². The fraction of sp³-hybridized carbons (Fsp3) is 0.207. The quantitative estimate of drug-likeness (QED) is 0.438. The largest absolute Gasteiger partial charge is 0.384 e. The van der Waals surface area contributed by atoms with E-state index in [1.165, 1.54) is 27.5 Å². The summed E-state index contributed by atoms with van der Waals surface area (Å²) < 4.78 is 0. The van der Waals surface area contributed by atoms with Crippen LogP contribution >= 0.6 is 0 Å². The number of benzene rings is 2. The van der Waals surface area contributed by atoms with E-state index in [0.717, 1.165) is 28.9 Å². The second-order valence-corrected chi connectivity index (χ2v) is 9.35. The highest BCUT2D eigenvalue weighted by Gasteiger charge is 2.39. The zero-order chi connectivity index (χ0) is 23.4. The molecule has 168 valence electrons. The average molecular weight is 447 g/mol. The molecule has 2 aromatic carbocycles. The van der Waals surface area contributed by atoms with E-state index in [4.69, 9.17) is 10.7 Å². The molecular weight excluding hydrogens is 420 g/mol. The minimum atomic E-state index is -0.0741. The molecule has 5 heteroatoms. The van der Waals surface area contributed by atoms with Crippen molar-refractivity contribution >= 4 is 28.1 Å². The Morgan fingerprint density at radius 1 is 1.09 bits per heavy atom. The van der Waals surface area contributed by atoms with Gasteiger partial charge in [-0.25, -0.2) is 4.98 Å². The number of fused-ring (bicyclic) bond motifs is 6. The molecule has 0 saturated carbocycles. The summed E-state index contributed by atoms with van der Waals surface area (Å²) in [6, 6.07) is 18.4. The number of aromatic nitrogens is 2. The van der Waals surface area contributed by atoms with Crippen LogP contribution in [0.5, 0.6) is 0 Å². The van der Waals surface area contributed by atoms with Gasteiger partial charge in [-0.3, -0.25) is 9.78 Å². The van der Waals surface area contributed by atoms with Crippen molar-refractivity contribution < 1.29 is 4.79 Å². The van der Waals surface area contributed by atoms with Gasteiger partial charge in [-0.1, -0.05) is 36.4 Å². The van der Waals surface area contributed by atoms with Gasteiger partial charge in [0.2, 0.25) is 0 Å². The van der Waals surface area contributed by atoms with Crippen LogP contribution in [0.3, 0.4) is 0 Å². The summed E-state index contributed by atoms with van der Waals surface area (Å²) in [5.41, 5.74) is 14.4. The Morgan fingerprint density at radius 2 is 1.94 bits per heavy atom. The van der Waals surface area contributed by atoms with E-state index in [1.807, 2.05) is 32.2 Å². The predicted molar refractivity (Wildman–Crippen MR) is 136 cm³/mol. The number of carbonyl (C=O) groups is 1. The van der Waals surface area contributed by atoms with Crippen LogP contribution in [0, 0.1) is 13.8 Å². The van der Waals surface area contributed by atoms with Crippen molar-refractivity contribution in [1.82, 2.24) is 15.3 Å². The molecular formula is C29H26N4O. The molecule has 0 saturated heterocycles. The van der Waals surface area contributed by atoms with Gasteiger partial charge < -0.3 is 11.1 Å². The lowest BCUT2D eigenvalue weighted by Gasteiger charge is -2.19. The first kappa shape index (κ1) is 20.6. The van der Waals surface area contributed by atoms with Gasteiger partial charge in [0.15, 0.2) is 0 Å². The Bertz CT molecular complexity index is 1480. The molecule has 3 N–H and O–H groups in total. The molecule has 2 aromatic heterocycles. The van der Waals surface area contributed by atoms with Crippen molar-refractivity contribution in [3.05, 3.63) is 106 Å². The summed E-state index contributed by atoms with van der Waals surface area (Å²) in [7, 11) is 0. The molecule has 5 nitrogen and oxygen atoms in total. The molecule has 0 spiro atoms. The van der Waals surface area contributed by atoms with E-state index in [9.17, 15) is 4.79 Å². The molecule has 6 rings (SSSR count). The number of allylic oxidation sites excluding steroid dienone is 2. The molecule has 34 heavy (non-hydrogen) atoms. The second kappa shape index (κ2) is 7.80. The highest BCUT2D eigenvalue weighted by Crippen LogP contribution is 2.55. The van der Waals surface area contributed by atoms with Crippen molar-refractivity contribution in [2.75, 3.05) is 5.73 Å². The number of hydrogen-bond donors (Lipinski definition) is 2. The Balaban J connectivity index is 1.27. The number of nitrogen functional groups attached to an aromatic ring is 1. The third-order valence-electron chi connectivity index (χ3n) is 7.32. The minimum Gasteiger partial charge on any atom is -0.384 e. The van der Waals surface area contributed by atoms with Crippen LogP contribution in [0.1, 0.15) is 62.3 Å². The fourth-order valence-electron chi connectivity index (χ4n) is 5.67. The molecule has 0 radical (unpaired) electrons. The molecule has 0 aliphatic heterocycles. The third-order valence-corrected chi connectivity index (χ3v) is 7.32.